The lowest BCUT2D eigenvalue weighted by molar-refractivity contribution is 0.563. The monoisotopic (exact) mass is 391 g/mol. The second kappa shape index (κ2) is 6.54. The Morgan fingerprint density at radius 2 is 1.73 bits per heavy atom. The smallest absolute Gasteiger partial charge is 0.344 e. The van der Waals surface area contributed by atoms with Crippen LogP contribution in [0.25, 0.3) is 28.2 Å². The molecule has 0 fully saturated rings. The van der Waals surface area contributed by atoms with E-state index in [4.69, 9.17) is 9.52 Å². The van der Waals surface area contributed by atoms with Crippen LogP contribution in [0, 0.1) is 0 Å². The van der Waals surface area contributed by atoms with Crippen molar-refractivity contribution in [3.05, 3.63) is 106 Å². The molecule has 5 nitrogen and oxygen atoms in total. The SMILES string of the molecule is O=c1oc2cc(N3N=C4c5ccccc5C=CC4N3)ccc2cc1-c1ccccc1. The summed E-state index contributed by atoms with van der Waals surface area (Å²) in [6.45, 7) is 0. The lowest BCUT2D eigenvalue weighted by Crippen LogP contribution is -2.37. The lowest BCUT2D eigenvalue weighted by atomic mass is 9.93. The molecule has 2 heterocycles. The van der Waals surface area contributed by atoms with Crippen molar-refractivity contribution < 1.29 is 4.42 Å². The number of anilines is 1. The number of nitrogens with one attached hydrogen (secondary N) is 1. The van der Waals surface area contributed by atoms with E-state index in [1.165, 1.54) is 0 Å². The molecule has 1 unspecified atom stereocenters. The van der Waals surface area contributed by atoms with Crippen LogP contribution >= 0.6 is 0 Å². The first-order valence-electron chi connectivity index (χ1n) is 9.82. The van der Waals surface area contributed by atoms with Gasteiger partial charge in [0.05, 0.1) is 23.0 Å². The molecule has 6 rings (SSSR count). The minimum atomic E-state index is -0.350. The van der Waals surface area contributed by atoms with Crippen molar-refractivity contribution in [3.63, 3.8) is 0 Å². The van der Waals surface area contributed by atoms with Crippen LogP contribution in [0.4, 0.5) is 5.69 Å². The Morgan fingerprint density at radius 3 is 2.63 bits per heavy atom. The zero-order valence-electron chi connectivity index (χ0n) is 15.9. The molecular formula is C25H17N3O2. The Balaban J connectivity index is 1.40. The third kappa shape index (κ3) is 2.68. The molecule has 4 aromatic rings. The molecule has 3 aromatic carbocycles. The van der Waals surface area contributed by atoms with Gasteiger partial charge >= 0.3 is 5.63 Å². The molecule has 1 aromatic heterocycles. The van der Waals surface area contributed by atoms with Crippen molar-refractivity contribution in [1.82, 2.24) is 5.43 Å². The molecule has 1 aliphatic heterocycles. The average Bonchev–Trinajstić information content (AvgIpc) is 3.24. The molecule has 2 aliphatic rings. The average molecular weight is 391 g/mol. The van der Waals surface area contributed by atoms with Gasteiger partial charge in [0, 0.05) is 17.0 Å². The van der Waals surface area contributed by atoms with Crippen LogP contribution in [-0.2, 0) is 0 Å². The summed E-state index contributed by atoms with van der Waals surface area (Å²) < 4.78 is 5.65. The first-order valence-corrected chi connectivity index (χ1v) is 9.82. The van der Waals surface area contributed by atoms with Gasteiger partial charge in [-0.2, -0.15) is 15.6 Å². The maximum Gasteiger partial charge on any atom is 0.344 e. The summed E-state index contributed by atoms with van der Waals surface area (Å²) in [6.07, 6.45) is 4.22. The molecule has 0 saturated carbocycles. The maximum absolute atomic E-state index is 12.6. The van der Waals surface area contributed by atoms with Crippen molar-refractivity contribution in [2.75, 3.05) is 5.12 Å². The minimum absolute atomic E-state index is 0.0167. The lowest BCUT2D eigenvalue weighted by Gasteiger charge is -2.18. The van der Waals surface area contributed by atoms with Gasteiger partial charge in [-0.3, -0.25) is 0 Å². The summed E-state index contributed by atoms with van der Waals surface area (Å²) in [5, 5.41) is 7.40. The van der Waals surface area contributed by atoms with Crippen LogP contribution in [0.1, 0.15) is 11.1 Å². The number of hydrazine groups is 1. The first kappa shape index (κ1) is 16.9. The summed E-state index contributed by atoms with van der Waals surface area (Å²) in [5.74, 6) is 0. The standard InChI is InChI=1S/C25H17N3O2/c29-25-21(16-6-2-1-3-7-16)14-18-10-12-19(15-23(18)30-25)28-26-22-13-11-17-8-4-5-9-20(17)24(22)27-28/h1-15,22,26H. The van der Waals surface area contributed by atoms with Crippen LogP contribution < -0.4 is 16.2 Å². The Bertz CT molecular complexity index is 1400. The van der Waals surface area contributed by atoms with Gasteiger partial charge in [-0.15, -0.1) is 0 Å². The van der Waals surface area contributed by atoms with Crippen LogP contribution in [0.15, 0.2) is 99.3 Å². The normalized spacial score (nSPS) is 17.0. The van der Waals surface area contributed by atoms with E-state index < -0.39 is 0 Å². The maximum atomic E-state index is 12.6. The first-order chi connectivity index (χ1) is 14.8. The van der Waals surface area contributed by atoms with Gasteiger partial charge in [0.2, 0.25) is 0 Å². The highest BCUT2D eigenvalue weighted by Gasteiger charge is 2.29. The van der Waals surface area contributed by atoms with E-state index >= 15 is 0 Å². The van der Waals surface area contributed by atoms with Gasteiger partial charge in [-0.1, -0.05) is 66.7 Å². The van der Waals surface area contributed by atoms with E-state index in [1.54, 1.807) is 5.12 Å². The molecule has 1 N–H and O–H groups in total. The molecule has 5 heteroatoms. The number of rotatable bonds is 2. The van der Waals surface area contributed by atoms with Gasteiger partial charge in [-0.05, 0) is 29.3 Å². The third-order valence-corrected chi connectivity index (χ3v) is 5.52. The quantitative estimate of drug-likeness (QED) is 0.508. The van der Waals surface area contributed by atoms with Gasteiger partial charge < -0.3 is 4.42 Å². The van der Waals surface area contributed by atoms with Crippen molar-refractivity contribution >= 4 is 28.4 Å². The number of hydrogen-bond acceptors (Lipinski definition) is 5. The van der Waals surface area contributed by atoms with E-state index in [0.29, 0.717) is 11.1 Å². The number of benzene rings is 3. The summed E-state index contributed by atoms with van der Waals surface area (Å²) in [4.78, 5) is 12.6. The molecule has 30 heavy (non-hydrogen) atoms. The predicted molar refractivity (Wildman–Crippen MR) is 119 cm³/mol. The zero-order valence-corrected chi connectivity index (χ0v) is 15.9. The van der Waals surface area contributed by atoms with Crippen LogP contribution in [0.5, 0.6) is 0 Å². The van der Waals surface area contributed by atoms with Crippen molar-refractivity contribution in [1.29, 1.82) is 0 Å². The van der Waals surface area contributed by atoms with Gasteiger partial charge in [0.25, 0.3) is 0 Å². The number of nitrogens with zero attached hydrogens (tertiary/aromatic N) is 2. The molecular weight excluding hydrogens is 374 g/mol. The number of fused-ring (bicyclic) bond motifs is 4. The van der Waals surface area contributed by atoms with Crippen molar-refractivity contribution in [2.45, 2.75) is 6.04 Å². The molecule has 144 valence electrons. The Labute approximate surface area is 172 Å². The third-order valence-electron chi connectivity index (χ3n) is 5.52. The molecule has 1 atom stereocenters. The van der Waals surface area contributed by atoms with Crippen molar-refractivity contribution in [2.24, 2.45) is 5.10 Å². The highest BCUT2D eigenvalue weighted by Crippen LogP contribution is 2.29. The summed E-state index contributed by atoms with van der Waals surface area (Å²) in [6, 6.07) is 25.4. The van der Waals surface area contributed by atoms with Crippen LogP contribution in [-0.4, -0.2) is 11.8 Å². The van der Waals surface area contributed by atoms with E-state index in [1.807, 2.05) is 66.7 Å². The van der Waals surface area contributed by atoms with Crippen molar-refractivity contribution in [3.8, 4) is 11.1 Å². The Hall–Kier alpha value is -3.96. The molecule has 0 radical (unpaired) electrons. The Morgan fingerprint density at radius 1 is 0.900 bits per heavy atom. The topological polar surface area (TPSA) is 57.8 Å². The highest BCUT2D eigenvalue weighted by molar-refractivity contribution is 6.11. The minimum Gasteiger partial charge on any atom is -0.422 e. The summed E-state index contributed by atoms with van der Waals surface area (Å²) in [7, 11) is 0. The molecule has 0 saturated heterocycles. The second-order valence-corrected chi connectivity index (χ2v) is 7.39. The van der Waals surface area contributed by atoms with Gasteiger partial charge in [-0.25, -0.2) is 4.79 Å². The van der Waals surface area contributed by atoms with E-state index in [2.05, 4.69) is 29.7 Å². The molecule has 0 spiro atoms. The fraction of sp³-hybridized carbons (Fsp3) is 0.0400. The second-order valence-electron chi connectivity index (χ2n) is 7.39. The van der Waals surface area contributed by atoms with E-state index in [9.17, 15) is 4.79 Å². The van der Waals surface area contributed by atoms with E-state index in [0.717, 1.165) is 33.5 Å². The van der Waals surface area contributed by atoms with Gasteiger partial charge in [0.1, 0.15) is 5.58 Å². The predicted octanol–water partition coefficient (Wildman–Crippen LogP) is 4.58. The Kier molecular flexibility index (Phi) is 3.69. The zero-order chi connectivity index (χ0) is 20.1. The fourth-order valence-corrected chi connectivity index (χ4v) is 4.01. The molecule has 0 bridgehead atoms. The number of hydrogen-bond donors (Lipinski definition) is 1. The number of hydrazone groups is 1. The van der Waals surface area contributed by atoms with Crippen LogP contribution in [0.3, 0.4) is 0 Å². The largest absolute Gasteiger partial charge is 0.422 e. The highest BCUT2D eigenvalue weighted by atomic mass is 16.4. The van der Waals surface area contributed by atoms with Gasteiger partial charge in [0.15, 0.2) is 0 Å². The summed E-state index contributed by atoms with van der Waals surface area (Å²) in [5.41, 5.74) is 9.05. The molecule has 0 amide bonds. The fourth-order valence-electron chi connectivity index (χ4n) is 4.01. The van der Waals surface area contributed by atoms with Crippen LogP contribution in [0.2, 0.25) is 0 Å². The molecule has 1 aliphatic carbocycles. The summed E-state index contributed by atoms with van der Waals surface area (Å²) >= 11 is 0. The van der Waals surface area contributed by atoms with E-state index in [-0.39, 0.29) is 11.7 Å².